The van der Waals surface area contributed by atoms with E-state index >= 15 is 0 Å². The number of fused-ring (bicyclic) bond motifs is 1. The third kappa shape index (κ3) is 3.73. The second-order valence-corrected chi connectivity index (χ2v) is 6.64. The molecular weight excluding hydrogens is 380 g/mol. The molecule has 4 aromatic rings. The lowest BCUT2D eigenvalue weighted by Gasteiger charge is -2.12. The number of phenolic OH excluding ortho intramolecular Hbond substituents is 2. The second-order valence-electron chi connectivity index (χ2n) is 6.64. The molecule has 6 N–H and O–H groups in total. The fraction of sp³-hybridized carbons (Fsp3) is 0. The van der Waals surface area contributed by atoms with Crippen LogP contribution in [0.5, 0.6) is 34.5 Å². The van der Waals surface area contributed by atoms with Crippen LogP contribution in [-0.4, -0.2) is 10.2 Å². The second kappa shape index (κ2) is 7.49. The van der Waals surface area contributed by atoms with Crippen LogP contribution in [0.3, 0.4) is 0 Å². The molecule has 0 aromatic heterocycles. The first-order valence-corrected chi connectivity index (χ1v) is 9.00. The zero-order valence-corrected chi connectivity index (χ0v) is 15.8. The molecule has 0 radical (unpaired) electrons. The quantitative estimate of drug-likeness (QED) is 0.219. The van der Waals surface area contributed by atoms with Crippen LogP contribution in [0.2, 0.25) is 0 Å². The summed E-state index contributed by atoms with van der Waals surface area (Å²) in [7, 11) is 0. The molecule has 0 spiro atoms. The van der Waals surface area contributed by atoms with Crippen molar-refractivity contribution in [2.24, 2.45) is 0 Å². The summed E-state index contributed by atoms with van der Waals surface area (Å²) in [5.74, 6) is 4.53. The molecule has 4 rings (SSSR count). The minimum atomic E-state index is -0.0547. The summed E-state index contributed by atoms with van der Waals surface area (Å²) < 4.78 is 11.7. The Hall–Kier alpha value is -4.50. The van der Waals surface area contributed by atoms with Crippen molar-refractivity contribution < 1.29 is 19.7 Å². The normalized spacial score (nSPS) is 10.5. The van der Waals surface area contributed by atoms with Crippen LogP contribution in [0.4, 0.5) is 11.4 Å². The molecule has 0 aliphatic carbocycles. The number of aromatic hydroxyl groups is 2. The maximum atomic E-state index is 9.76. The van der Waals surface area contributed by atoms with Crippen molar-refractivity contribution in [2.45, 2.75) is 0 Å². The van der Waals surface area contributed by atoms with Crippen molar-refractivity contribution in [3.63, 3.8) is 0 Å². The predicted octanol–water partition coefficient (Wildman–Crippen LogP) is 4.98. The first kappa shape index (κ1) is 18.8. The van der Waals surface area contributed by atoms with Gasteiger partial charge in [-0.3, -0.25) is 0 Å². The van der Waals surface area contributed by atoms with Crippen molar-refractivity contribution in [3.05, 3.63) is 72.3 Å². The number of anilines is 2. The molecule has 0 bridgehead atoms. The van der Waals surface area contributed by atoms with Gasteiger partial charge in [-0.2, -0.15) is 0 Å². The van der Waals surface area contributed by atoms with Crippen LogP contribution in [0.15, 0.2) is 66.7 Å². The summed E-state index contributed by atoms with van der Waals surface area (Å²) in [5, 5.41) is 21.2. The van der Waals surface area contributed by atoms with E-state index in [1.807, 2.05) is 18.2 Å². The molecular formula is C24H18N2O4. The van der Waals surface area contributed by atoms with Gasteiger partial charge in [-0.05, 0) is 53.9 Å². The highest BCUT2D eigenvalue weighted by Crippen LogP contribution is 2.35. The van der Waals surface area contributed by atoms with Gasteiger partial charge in [0, 0.05) is 23.1 Å². The molecule has 0 atom stereocenters. The van der Waals surface area contributed by atoms with Crippen molar-refractivity contribution in [3.8, 4) is 46.8 Å². The number of ether oxygens (including phenoxy) is 2. The number of hydrogen-bond donors (Lipinski definition) is 4. The lowest BCUT2D eigenvalue weighted by molar-refractivity contribution is 0.456. The Balaban J connectivity index is 1.67. The third-order valence-electron chi connectivity index (χ3n) is 4.53. The van der Waals surface area contributed by atoms with E-state index < -0.39 is 0 Å². The number of terminal acetylenes is 1. The maximum absolute atomic E-state index is 9.76. The molecule has 0 aliphatic heterocycles. The van der Waals surface area contributed by atoms with Crippen molar-refractivity contribution in [1.29, 1.82) is 0 Å². The molecule has 30 heavy (non-hydrogen) atoms. The Morgan fingerprint density at radius 2 is 1.20 bits per heavy atom. The average molecular weight is 398 g/mol. The van der Waals surface area contributed by atoms with E-state index in [9.17, 15) is 10.2 Å². The Morgan fingerprint density at radius 3 is 1.77 bits per heavy atom. The highest BCUT2D eigenvalue weighted by Gasteiger charge is 2.09. The Kier molecular flexibility index (Phi) is 4.71. The zero-order chi connectivity index (χ0) is 21.3. The highest BCUT2D eigenvalue weighted by molar-refractivity contribution is 5.91. The highest BCUT2D eigenvalue weighted by atomic mass is 16.5. The molecule has 0 saturated carbocycles. The molecule has 148 valence electrons. The van der Waals surface area contributed by atoms with Crippen molar-refractivity contribution in [2.75, 3.05) is 11.5 Å². The van der Waals surface area contributed by atoms with Gasteiger partial charge >= 0.3 is 0 Å². The fourth-order valence-corrected chi connectivity index (χ4v) is 3.00. The lowest BCUT2D eigenvalue weighted by Crippen LogP contribution is -1.91. The molecule has 0 amide bonds. The van der Waals surface area contributed by atoms with E-state index in [0.29, 0.717) is 28.6 Å². The number of phenols is 2. The van der Waals surface area contributed by atoms with Gasteiger partial charge < -0.3 is 31.2 Å². The number of nitrogen functional groups attached to an aromatic ring is 2. The van der Waals surface area contributed by atoms with Crippen LogP contribution >= 0.6 is 0 Å². The van der Waals surface area contributed by atoms with Gasteiger partial charge in [-0.15, -0.1) is 6.42 Å². The molecule has 0 aliphatic rings. The molecule has 0 saturated heterocycles. The summed E-state index contributed by atoms with van der Waals surface area (Å²) in [4.78, 5) is 0. The smallest absolute Gasteiger partial charge is 0.142 e. The van der Waals surface area contributed by atoms with E-state index in [1.165, 1.54) is 12.1 Å². The predicted molar refractivity (Wildman–Crippen MR) is 117 cm³/mol. The van der Waals surface area contributed by atoms with Gasteiger partial charge in [0.1, 0.15) is 34.5 Å². The number of benzene rings is 4. The SMILES string of the molecule is C#Cc1cc(Oc2ccc(N)c(O)c2)cc2ccc(Oc3ccc(N)c(O)c3)cc12. The van der Waals surface area contributed by atoms with Gasteiger partial charge in [0.15, 0.2) is 0 Å². The summed E-state index contributed by atoms with van der Waals surface area (Å²) in [6.45, 7) is 0. The van der Waals surface area contributed by atoms with Crippen LogP contribution in [0, 0.1) is 12.3 Å². The topological polar surface area (TPSA) is 111 Å². The minimum absolute atomic E-state index is 0.0481. The van der Waals surface area contributed by atoms with Crippen molar-refractivity contribution >= 4 is 22.1 Å². The van der Waals surface area contributed by atoms with Crippen LogP contribution in [0.1, 0.15) is 5.56 Å². The summed E-state index contributed by atoms with van der Waals surface area (Å²) in [5.41, 5.74) is 12.4. The lowest BCUT2D eigenvalue weighted by atomic mass is 10.0. The molecule has 0 fully saturated rings. The molecule has 0 heterocycles. The monoisotopic (exact) mass is 398 g/mol. The summed E-state index contributed by atoms with van der Waals surface area (Å²) >= 11 is 0. The molecule has 0 unspecified atom stereocenters. The average Bonchev–Trinajstić information content (AvgIpc) is 2.73. The third-order valence-corrected chi connectivity index (χ3v) is 4.53. The first-order valence-electron chi connectivity index (χ1n) is 9.00. The van der Waals surface area contributed by atoms with Gasteiger partial charge in [-0.1, -0.05) is 12.0 Å². The molecule has 6 nitrogen and oxygen atoms in total. The van der Waals surface area contributed by atoms with E-state index in [4.69, 9.17) is 27.4 Å². The standard InChI is InChI=1S/C24H18N2O4/c1-2-14-9-19(30-18-6-8-22(26)24(28)13-18)10-15-3-4-16(11-20(14)15)29-17-5-7-21(25)23(27)12-17/h1,3-13,27-28H,25-26H2. The van der Waals surface area contributed by atoms with Gasteiger partial charge in [0.2, 0.25) is 0 Å². The van der Waals surface area contributed by atoms with E-state index in [-0.39, 0.29) is 22.9 Å². The zero-order valence-electron chi connectivity index (χ0n) is 15.8. The van der Waals surface area contributed by atoms with Gasteiger partial charge in [-0.25, -0.2) is 0 Å². The Labute approximate surface area is 172 Å². The van der Waals surface area contributed by atoms with E-state index in [1.54, 1.807) is 36.4 Å². The van der Waals surface area contributed by atoms with E-state index in [0.717, 1.165) is 10.8 Å². The largest absolute Gasteiger partial charge is 0.506 e. The van der Waals surface area contributed by atoms with Gasteiger partial charge in [0.05, 0.1) is 11.4 Å². The Morgan fingerprint density at radius 1 is 0.667 bits per heavy atom. The number of hydrogen-bond acceptors (Lipinski definition) is 6. The Bertz CT molecular complexity index is 1310. The maximum Gasteiger partial charge on any atom is 0.142 e. The number of rotatable bonds is 4. The van der Waals surface area contributed by atoms with E-state index in [2.05, 4.69) is 5.92 Å². The van der Waals surface area contributed by atoms with Crippen LogP contribution in [0.25, 0.3) is 10.8 Å². The molecule has 4 aromatic carbocycles. The molecule has 6 heteroatoms. The fourth-order valence-electron chi connectivity index (χ4n) is 3.00. The van der Waals surface area contributed by atoms with Crippen molar-refractivity contribution in [1.82, 2.24) is 0 Å². The minimum Gasteiger partial charge on any atom is -0.506 e. The van der Waals surface area contributed by atoms with Gasteiger partial charge in [0.25, 0.3) is 0 Å². The number of nitrogens with two attached hydrogens (primary N) is 2. The van der Waals surface area contributed by atoms with Crippen LogP contribution in [-0.2, 0) is 0 Å². The summed E-state index contributed by atoms with van der Waals surface area (Å²) in [6, 6.07) is 18.4. The van der Waals surface area contributed by atoms with Crippen LogP contribution < -0.4 is 20.9 Å². The first-order chi connectivity index (χ1) is 14.4. The summed E-state index contributed by atoms with van der Waals surface area (Å²) in [6.07, 6.45) is 5.71.